The van der Waals surface area contributed by atoms with Gasteiger partial charge in [0.25, 0.3) is 5.91 Å². The molecule has 0 saturated heterocycles. The number of esters is 1. The highest BCUT2D eigenvalue weighted by Crippen LogP contribution is 2.21. The van der Waals surface area contributed by atoms with E-state index in [1.807, 2.05) is 30.3 Å². The highest BCUT2D eigenvalue weighted by atomic mass is 35.5. The largest absolute Gasteiger partial charge is 0.452 e. The third kappa shape index (κ3) is 6.40. The number of ether oxygens (including phenoxy) is 1. The van der Waals surface area contributed by atoms with Crippen LogP contribution in [0.5, 0.6) is 0 Å². The van der Waals surface area contributed by atoms with Crippen molar-refractivity contribution in [2.24, 2.45) is 0 Å². The minimum atomic E-state index is -0.641. The number of nitrogens with one attached hydrogen (secondary N) is 1. The van der Waals surface area contributed by atoms with Gasteiger partial charge in [-0.15, -0.1) is 0 Å². The van der Waals surface area contributed by atoms with Crippen molar-refractivity contribution < 1.29 is 14.3 Å². The molecule has 0 bridgehead atoms. The summed E-state index contributed by atoms with van der Waals surface area (Å²) in [6.45, 7) is 4.54. The molecular weight excluding hydrogens is 366 g/mol. The summed E-state index contributed by atoms with van der Waals surface area (Å²) >= 11 is 6.32. The quantitative estimate of drug-likeness (QED) is 0.494. The Morgan fingerprint density at radius 2 is 1.93 bits per heavy atom. The van der Waals surface area contributed by atoms with Crippen LogP contribution in [0.4, 0.5) is 0 Å². The highest BCUT2D eigenvalue weighted by Gasteiger charge is 2.22. The summed E-state index contributed by atoms with van der Waals surface area (Å²) in [7, 11) is 0. The van der Waals surface area contributed by atoms with Crippen LogP contribution in [0.15, 0.2) is 30.3 Å². The summed E-state index contributed by atoms with van der Waals surface area (Å²) in [5, 5.41) is 7.27. The summed E-state index contributed by atoms with van der Waals surface area (Å²) in [5.41, 5.74) is 1.69. The third-order valence-corrected chi connectivity index (χ3v) is 4.52. The number of nitrogens with zero attached hydrogens (tertiary/aromatic N) is 2. The van der Waals surface area contributed by atoms with E-state index < -0.39 is 5.97 Å². The summed E-state index contributed by atoms with van der Waals surface area (Å²) in [4.78, 5) is 24.1. The van der Waals surface area contributed by atoms with Crippen molar-refractivity contribution in [3.05, 3.63) is 52.3 Å². The summed E-state index contributed by atoms with van der Waals surface area (Å²) in [5.74, 6) is -0.955. The number of rotatable bonds is 10. The van der Waals surface area contributed by atoms with Crippen LogP contribution in [0, 0.1) is 6.92 Å². The average Bonchev–Trinajstić information content (AvgIpc) is 2.94. The second-order valence-corrected chi connectivity index (χ2v) is 6.74. The molecule has 146 valence electrons. The molecule has 0 aliphatic heterocycles. The lowest BCUT2D eigenvalue weighted by atomic mass is 10.2. The van der Waals surface area contributed by atoms with Gasteiger partial charge < -0.3 is 10.1 Å². The predicted molar refractivity (Wildman–Crippen MR) is 105 cm³/mol. The van der Waals surface area contributed by atoms with Gasteiger partial charge in [-0.25, -0.2) is 9.48 Å². The first-order chi connectivity index (χ1) is 13.0. The SMILES string of the molecule is CCCCCCNC(=O)COC(=O)c1c(C)nn(Cc2ccccc2)c1Cl. The van der Waals surface area contributed by atoms with E-state index in [4.69, 9.17) is 16.3 Å². The standard InChI is InChI=1S/C20H26ClN3O3/c1-3-4-5-9-12-22-17(25)14-27-20(26)18-15(2)23-24(19(18)21)13-16-10-7-6-8-11-16/h6-8,10-11H,3-5,9,12-14H2,1-2H3,(H,22,25). The molecular formula is C20H26ClN3O3. The molecule has 0 unspecified atom stereocenters. The van der Waals surface area contributed by atoms with Crippen LogP contribution < -0.4 is 5.32 Å². The zero-order valence-electron chi connectivity index (χ0n) is 15.8. The Hall–Kier alpha value is -2.34. The number of aryl methyl sites for hydroxylation is 1. The van der Waals surface area contributed by atoms with Crippen LogP contribution in [0.2, 0.25) is 5.15 Å². The van der Waals surface area contributed by atoms with E-state index in [0.717, 1.165) is 31.2 Å². The van der Waals surface area contributed by atoms with Crippen LogP contribution >= 0.6 is 11.6 Å². The van der Waals surface area contributed by atoms with Gasteiger partial charge in [0.15, 0.2) is 6.61 Å². The Kier molecular flexibility index (Phi) is 8.33. The first kappa shape index (κ1) is 21.0. The fraction of sp³-hybridized carbons (Fsp3) is 0.450. The number of hydrogen-bond donors (Lipinski definition) is 1. The number of benzene rings is 1. The lowest BCUT2D eigenvalue weighted by Gasteiger charge is -2.07. The van der Waals surface area contributed by atoms with Crippen LogP contribution in [0.3, 0.4) is 0 Å². The summed E-state index contributed by atoms with van der Waals surface area (Å²) in [6.07, 6.45) is 4.29. The van der Waals surface area contributed by atoms with E-state index in [2.05, 4.69) is 17.3 Å². The number of hydrogen-bond acceptors (Lipinski definition) is 4. The Labute approximate surface area is 164 Å². The monoisotopic (exact) mass is 391 g/mol. The lowest BCUT2D eigenvalue weighted by Crippen LogP contribution is -2.29. The zero-order valence-corrected chi connectivity index (χ0v) is 16.6. The second-order valence-electron chi connectivity index (χ2n) is 6.38. The topological polar surface area (TPSA) is 73.2 Å². The van der Waals surface area contributed by atoms with Gasteiger partial charge in [-0.05, 0) is 18.9 Å². The molecule has 7 heteroatoms. The van der Waals surface area contributed by atoms with Gasteiger partial charge >= 0.3 is 5.97 Å². The van der Waals surface area contributed by atoms with Crippen molar-refractivity contribution in [2.45, 2.75) is 46.1 Å². The molecule has 0 spiro atoms. The first-order valence-electron chi connectivity index (χ1n) is 9.23. The number of carbonyl (C=O) groups is 2. The second kappa shape index (κ2) is 10.7. The van der Waals surface area contributed by atoms with E-state index in [-0.39, 0.29) is 23.2 Å². The molecule has 1 N–H and O–H groups in total. The maximum absolute atomic E-state index is 12.3. The maximum atomic E-state index is 12.3. The van der Waals surface area contributed by atoms with Gasteiger partial charge in [0, 0.05) is 6.54 Å². The normalized spacial score (nSPS) is 10.6. The van der Waals surface area contributed by atoms with Gasteiger partial charge in [0.1, 0.15) is 10.7 Å². The molecule has 2 aromatic rings. The Morgan fingerprint density at radius 3 is 2.63 bits per heavy atom. The van der Waals surface area contributed by atoms with Gasteiger partial charge in [0.2, 0.25) is 0 Å². The molecule has 0 aliphatic carbocycles. The lowest BCUT2D eigenvalue weighted by molar-refractivity contribution is -0.124. The number of amides is 1. The van der Waals surface area contributed by atoms with Crippen LogP contribution in [-0.4, -0.2) is 34.8 Å². The first-order valence-corrected chi connectivity index (χ1v) is 9.61. The maximum Gasteiger partial charge on any atom is 0.343 e. The van der Waals surface area contributed by atoms with Gasteiger partial charge in [-0.2, -0.15) is 5.10 Å². The Morgan fingerprint density at radius 1 is 1.19 bits per heavy atom. The summed E-state index contributed by atoms with van der Waals surface area (Å²) in [6, 6.07) is 9.69. The number of carbonyl (C=O) groups excluding carboxylic acids is 2. The molecule has 1 amide bonds. The van der Waals surface area contributed by atoms with Gasteiger partial charge in [-0.1, -0.05) is 68.1 Å². The molecule has 6 nitrogen and oxygen atoms in total. The minimum absolute atomic E-state index is 0.198. The van der Waals surface area contributed by atoms with Crippen molar-refractivity contribution in [3.8, 4) is 0 Å². The molecule has 2 rings (SSSR count). The number of halogens is 1. The predicted octanol–water partition coefficient (Wildman–Crippen LogP) is 3.75. The smallest absolute Gasteiger partial charge is 0.343 e. The fourth-order valence-electron chi connectivity index (χ4n) is 2.68. The molecule has 0 radical (unpaired) electrons. The Bertz CT molecular complexity index is 759. The van der Waals surface area contributed by atoms with Crippen molar-refractivity contribution in [2.75, 3.05) is 13.2 Å². The molecule has 1 heterocycles. The third-order valence-electron chi connectivity index (χ3n) is 4.13. The van der Waals surface area contributed by atoms with Crippen LogP contribution in [-0.2, 0) is 16.1 Å². The average molecular weight is 392 g/mol. The fourth-order valence-corrected chi connectivity index (χ4v) is 2.99. The minimum Gasteiger partial charge on any atom is -0.452 e. The van der Waals surface area contributed by atoms with Crippen molar-refractivity contribution in [3.63, 3.8) is 0 Å². The highest BCUT2D eigenvalue weighted by molar-refractivity contribution is 6.32. The van der Waals surface area contributed by atoms with Crippen molar-refractivity contribution >= 4 is 23.5 Å². The van der Waals surface area contributed by atoms with Crippen molar-refractivity contribution in [1.29, 1.82) is 0 Å². The van der Waals surface area contributed by atoms with E-state index in [1.165, 1.54) is 0 Å². The molecule has 0 saturated carbocycles. The number of aromatic nitrogens is 2. The van der Waals surface area contributed by atoms with Gasteiger partial charge in [-0.3, -0.25) is 4.79 Å². The number of unbranched alkanes of at least 4 members (excludes halogenated alkanes) is 3. The van der Waals surface area contributed by atoms with E-state index in [0.29, 0.717) is 18.8 Å². The van der Waals surface area contributed by atoms with E-state index in [1.54, 1.807) is 11.6 Å². The van der Waals surface area contributed by atoms with Crippen LogP contribution in [0.1, 0.15) is 54.2 Å². The van der Waals surface area contributed by atoms with E-state index in [9.17, 15) is 9.59 Å². The Balaban J connectivity index is 1.88. The van der Waals surface area contributed by atoms with Crippen LogP contribution in [0.25, 0.3) is 0 Å². The molecule has 27 heavy (non-hydrogen) atoms. The molecule has 1 aromatic heterocycles. The van der Waals surface area contributed by atoms with Crippen molar-refractivity contribution in [1.82, 2.24) is 15.1 Å². The summed E-state index contributed by atoms with van der Waals surface area (Å²) < 4.78 is 6.66. The van der Waals surface area contributed by atoms with E-state index >= 15 is 0 Å². The molecule has 0 aliphatic rings. The molecule has 1 aromatic carbocycles. The zero-order chi connectivity index (χ0) is 19.6. The molecule has 0 fully saturated rings. The van der Waals surface area contributed by atoms with Gasteiger partial charge in [0.05, 0.1) is 12.2 Å². The molecule has 0 atom stereocenters.